The van der Waals surface area contributed by atoms with Crippen LogP contribution in [-0.4, -0.2) is 58.0 Å². The second-order valence-electron chi connectivity index (χ2n) is 15.8. The molecule has 0 aliphatic carbocycles. The van der Waals surface area contributed by atoms with Gasteiger partial charge in [-0.1, -0.05) is 93.2 Å². The Labute approximate surface area is 351 Å². The van der Waals surface area contributed by atoms with Crippen LogP contribution in [-0.2, 0) is 14.4 Å². The van der Waals surface area contributed by atoms with Gasteiger partial charge in [0.05, 0.1) is 0 Å². The molecule has 0 bridgehead atoms. The molecular weight excluding hydrogens is 733 g/mol. The molecule has 0 spiro atoms. The van der Waals surface area contributed by atoms with Gasteiger partial charge in [-0.25, -0.2) is 4.79 Å². The van der Waals surface area contributed by atoms with E-state index in [1.807, 2.05) is 0 Å². The number of rotatable bonds is 30. The average molecular weight is 811 g/mol. The summed E-state index contributed by atoms with van der Waals surface area (Å²) in [6.07, 6.45) is 31.0. The lowest BCUT2D eigenvalue weighted by atomic mass is 10.0. The Kier molecular flexibility index (Phi) is 31.3. The first-order chi connectivity index (χ1) is 26.5. The van der Waals surface area contributed by atoms with Gasteiger partial charge in [0.15, 0.2) is 0 Å². The molecule has 0 aliphatic heterocycles. The van der Waals surface area contributed by atoms with Crippen LogP contribution >= 0.6 is 23.5 Å². The molecule has 0 rings (SSSR count). The molecular formula is C48H78N2O4S2. The fourth-order valence-electron chi connectivity index (χ4n) is 5.62. The van der Waals surface area contributed by atoms with Crippen LogP contribution in [0.5, 0.6) is 0 Å². The molecule has 2 atom stereocenters. The summed E-state index contributed by atoms with van der Waals surface area (Å²) in [4.78, 5) is 37.1. The summed E-state index contributed by atoms with van der Waals surface area (Å²) in [7, 11) is 0. The van der Waals surface area contributed by atoms with E-state index in [1.54, 1.807) is 11.8 Å². The van der Waals surface area contributed by atoms with Crippen LogP contribution in [0.2, 0.25) is 0 Å². The van der Waals surface area contributed by atoms with Crippen LogP contribution in [0.25, 0.3) is 0 Å². The van der Waals surface area contributed by atoms with E-state index in [2.05, 4.69) is 128 Å². The maximum atomic E-state index is 13.1. The Bertz CT molecular complexity index is 1440. The lowest BCUT2D eigenvalue weighted by Gasteiger charge is -2.20. The second kappa shape index (κ2) is 33.0. The van der Waals surface area contributed by atoms with Crippen molar-refractivity contribution in [3.63, 3.8) is 0 Å². The van der Waals surface area contributed by atoms with Gasteiger partial charge in [-0.05, 0) is 146 Å². The second-order valence-corrected chi connectivity index (χ2v) is 18.0. The summed E-state index contributed by atoms with van der Waals surface area (Å²) >= 11 is 3.03. The Balaban J connectivity index is 4.72. The zero-order valence-electron chi connectivity index (χ0n) is 37.1. The molecule has 0 aromatic rings. The predicted octanol–water partition coefficient (Wildman–Crippen LogP) is 12.8. The highest BCUT2D eigenvalue weighted by atomic mass is 32.2. The minimum atomic E-state index is -1.08. The van der Waals surface area contributed by atoms with Gasteiger partial charge < -0.3 is 15.7 Å². The van der Waals surface area contributed by atoms with Gasteiger partial charge in [-0.15, -0.1) is 0 Å². The van der Waals surface area contributed by atoms with Gasteiger partial charge in [0.1, 0.15) is 12.1 Å². The SMILES string of the molecule is CC(=O)N[C@H](CSC/C=C(\C)CC/C=C(\C)CC/C=C(\C)CCC=C(C)C)C(=O)N[C@H](CSC/C=C(\C)CC/C=C(\C)CC/C=C(\C)CCC=C(C)C)C(=O)O. The summed E-state index contributed by atoms with van der Waals surface area (Å²) in [5, 5.41) is 15.2. The van der Waals surface area contributed by atoms with Crippen LogP contribution in [0.15, 0.2) is 93.2 Å². The molecule has 0 aromatic heterocycles. The number of aliphatic carboxylic acids is 1. The highest BCUT2D eigenvalue weighted by Crippen LogP contribution is 2.17. The standard InChI is InChI=1S/C48H78N2O4S2/c1-36(2)18-12-20-38(5)22-14-24-40(7)26-16-28-42(9)30-32-55-34-45(49-44(11)51)47(52)50-46(48(53)54)35-56-33-31-43(10)29-17-27-41(8)25-15-23-39(6)21-13-19-37(3)4/h18-19,22-23,26-27,30-31,45-46H,12-17,20-21,24-25,28-29,32-35H2,1-11H3,(H,49,51)(H,50,52)(H,53,54)/b38-22+,39-23+,40-26+,41-27+,42-30+,43-31+/t45-,46-/m1/s1. The number of amides is 2. The summed E-state index contributed by atoms with van der Waals surface area (Å²) in [6.45, 7) is 23.0. The molecule has 0 aliphatic rings. The predicted molar refractivity (Wildman–Crippen MR) is 249 cm³/mol. The number of thioether (sulfide) groups is 2. The van der Waals surface area contributed by atoms with Crippen molar-refractivity contribution >= 4 is 41.3 Å². The van der Waals surface area contributed by atoms with E-state index < -0.39 is 24.0 Å². The van der Waals surface area contributed by atoms with E-state index in [9.17, 15) is 19.5 Å². The molecule has 6 nitrogen and oxygen atoms in total. The first-order valence-electron chi connectivity index (χ1n) is 20.7. The molecule has 0 aromatic carbocycles. The van der Waals surface area contributed by atoms with Crippen molar-refractivity contribution in [2.24, 2.45) is 0 Å². The maximum absolute atomic E-state index is 13.1. The van der Waals surface area contributed by atoms with Crippen LogP contribution in [0.1, 0.15) is 153 Å². The molecule has 2 amide bonds. The van der Waals surface area contributed by atoms with E-state index in [4.69, 9.17) is 0 Å². The fraction of sp³-hybridized carbons (Fsp3) is 0.604. The number of carboxylic acids is 1. The molecule has 0 fully saturated rings. The summed E-state index contributed by atoms with van der Waals surface area (Å²) in [5.74, 6) is 0.115. The third-order valence-corrected chi connectivity index (χ3v) is 11.2. The normalized spacial score (nSPS) is 14.3. The van der Waals surface area contributed by atoms with E-state index in [0.29, 0.717) is 17.3 Å². The Morgan fingerprint density at radius 1 is 0.446 bits per heavy atom. The Morgan fingerprint density at radius 2 is 0.750 bits per heavy atom. The van der Waals surface area contributed by atoms with Gasteiger partial charge in [0.25, 0.3) is 0 Å². The van der Waals surface area contributed by atoms with Gasteiger partial charge in [-0.3, -0.25) is 9.59 Å². The van der Waals surface area contributed by atoms with Crippen LogP contribution in [0.4, 0.5) is 0 Å². The highest BCUT2D eigenvalue weighted by molar-refractivity contribution is 7.99. The molecule has 0 saturated carbocycles. The summed E-state index contributed by atoms with van der Waals surface area (Å²) in [6, 6.07) is -1.84. The van der Waals surface area contributed by atoms with E-state index in [-0.39, 0.29) is 11.7 Å². The number of carbonyl (C=O) groups is 3. The van der Waals surface area contributed by atoms with Crippen LogP contribution in [0, 0.1) is 0 Å². The molecule has 0 heterocycles. The van der Waals surface area contributed by atoms with E-state index in [1.165, 1.54) is 63.3 Å². The third kappa shape index (κ3) is 32.2. The first-order valence-corrected chi connectivity index (χ1v) is 23.0. The topological polar surface area (TPSA) is 95.5 Å². The molecule has 0 unspecified atom stereocenters. The molecule has 0 saturated heterocycles. The van der Waals surface area contributed by atoms with Crippen molar-refractivity contribution in [3.8, 4) is 0 Å². The zero-order valence-corrected chi connectivity index (χ0v) is 38.7. The average Bonchev–Trinajstić information content (AvgIpc) is 3.10. The van der Waals surface area contributed by atoms with E-state index >= 15 is 0 Å². The smallest absolute Gasteiger partial charge is 0.327 e. The Morgan fingerprint density at radius 3 is 1.05 bits per heavy atom. The van der Waals surface area contributed by atoms with Gasteiger partial charge in [-0.2, -0.15) is 23.5 Å². The minimum absolute atomic E-state index is 0.244. The van der Waals surface area contributed by atoms with Crippen molar-refractivity contribution in [1.82, 2.24) is 10.6 Å². The third-order valence-electron chi connectivity index (χ3n) is 9.29. The number of carboxylic acid groups (broad SMARTS) is 1. The quantitative estimate of drug-likeness (QED) is 0.0494. The lowest BCUT2D eigenvalue weighted by molar-refractivity contribution is -0.141. The van der Waals surface area contributed by atoms with Crippen molar-refractivity contribution in [1.29, 1.82) is 0 Å². The van der Waals surface area contributed by atoms with Gasteiger partial charge in [0, 0.05) is 29.9 Å². The number of allylic oxidation sites excluding steroid dienone is 14. The number of hydrogen-bond donors (Lipinski definition) is 3. The van der Waals surface area contributed by atoms with Crippen molar-refractivity contribution in [2.45, 2.75) is 165 Å². The molecule has 0 radical (unpaired) electrons. The highest BCUT2D eigenvalue weighted by Gasteiger charge is 2.25. The van der Waals surface area contributed by atoms with Crippen molar-refractivity contribution in [2.75, 3.05) is 23.0 Å². The van der Waals surface area contributed by atoms with Crippen LogP contribution < -0.4 is 10.6 Å². The number of hydrogen-bond acceptors (Lipinski definition) is 5. The lowest BCUT2D eigenvalue weighted by Crippen LogP contribution is -2.53. The molecule has 8 heteroatoms. The monoisotopic (exact) mass is 811 g/mol. The summed E-state index contributed by atoms with van der Waals surface area (Å²) in [5.41, 5.74) is 11.1. The number of carbonyl (C=O) groups excluding carboxylic acids is 2. The molecule has 316 valence electrons. The number of nitrogens with one attached hydrogen (secondary N) is 2. The zero-order chi connectivity index (χ0) is 42.3. The minimum Gasteiger partial charge on any atom is -0.480 e. The summed E-state index contributed by atoms with van der Waals surface area (Å²) < 4.78 is 0. The molecule has 3 N–H and O–H groups in total. The largest absolute Gasteiger partial charge is 0.480 e. The first kappa shape index (κ1) is 53.0. The maximum Gasteiger partial charge on any atom is 0.327 e. The molecule has 56 heavy (non-hydrogen) atoms. The van der Waals surface area contributed by atoms with Crippen molar-refractivity contribution < 1.29 is 19.5 Å². The fourth-order valence-corrected chi connectivity index (χ4v) is 7.63. The van der Waals surface area contributed by atoms with E-state index in [0.717, 1.165) is 77.0 Å². The van der Waals surface area contributed by atoms with Gasteiger partial charge in [0.2, 0.25) is 11.8 Å². The van der Waals surface area contributed by atoms with Crippen LogP contribution in [0.3, 0.4) is 0 Å². The Hall–Kier alpha value is -2.97. The van der Waals surface area contributed by atoms with Crippen molar-refractivity contribution in [3.05, 3.63) is 93.2 Å². The van der Waals surface area contributed by atoms with Gasteiger partial charge >= 0.3 is 5.97 Å².